The zero-order chi connectivity index (χ0) is 12.3. The fourth-order valence-electron chi connectivity index (χ4n) is 1.88. The van der Waals surface area contributed by atoms with Crippen LogP contribution >= 0.6 is 11.6 Å². The van der Waals surface area contributed by atoms with Gasteiger partial charge >= 0.3 is 0 Å². The van der Waals surface area contributed by atoms with Gasteiger partial charge in [-0.1, -0.05) is 30.3 Å². The van der Waals surface area contributed by atoms with E-state index in [-0.39, 0.29) is 17.7 Å². The normalized spacial score (nSPS) is 17.9. The predicted octanol–water partition coefficient (Wildman–Crippen LogP) is 2.30. The molecule has 0 radical (unpaired) electrons. The van der Waals surface area contributed by atoms with Gasteiger partial charge in [-0.3, -0.25) is 0 Å². The Morgan fingerprint density at radius 3 is 2.47 bits per heavy atom. The number of rotatable bonds is 6. The topological polar surface area (TPSA) is 46.2 Å². The molecule has 1 saturated carbocycles. The molecular formula is C12H16ClNO2S. The molecule has 1 N–H and O–H groups in total. The first-order valence-corrected chi connectivity index (χ1v) is 7.92. The molecular weight excluding hydrogens is 258 g/mol. The van der Waals surface area contributed by atoms with Gasteiger partial charge in [-0.25, -0.2) is 13.1 Å². The molecule has 0 spiro atoms. The molecule has 1 atom stereocenters. The lowest BCUT2D eigenvalue weighted by molar-refractivity contribution is 0.530. The lowest BCUT2D eigenvalue weighted by Gasteiger charge is -2.18. The minimum atomic E-state index is -3.27. The van der Waals surface area contributed by atoms with E-state index < -0.39 is 10.0 Å². The van der Waals surface area contributed by atoms with Gasteiger partial charge in [-0.2, -0.15) is 0 Å². The first kappa shape index (κ1) is 12.9. The summed E-state index contributed by atoms with van der Waals surface area (Å²) in [5, 5.41) is 0. The zero-order valence-electron chi connectivity index (χ0n) is 9.47. The van der Waals surface area contributed by atoms with Crippen molar-refractivity contribution >= 4 is 21.6 Å². The first-order valence-electron chi connectivity index (χ1n) is 5.73. The molecule has 17 heavy (non-hydrogen) atoms. The standard InChI is InChI=1S/C12H16ClNO2S/c13-8-9-17(15,16)14-12(11-6-7-11)10-4-2-1-3-5-10/h1-5,11-12,14H,6-9H2. The van der Waals surface area contributed by atoms with Crippen molar-refractivity contribution in [3.05, 3.63) is 35.9 Å². The molecule has 94 valence electrons. The first-order chi connectivity index (χ1) is 8.12. The molecule has 1 aromatic carbocycles. The lowest BCUT2D eigenvalue weighted by Crippen LogP contribution is -2.32. The van der Waals surface area contributed by atoms with Crippen LogP contribution in [-0.2, 0) is 10.0 Å². The van der Waals surface area contributed by atoms with E-state index >= 15 is 0 Å². The molecule has 0 aliphatic heterocycles. The third kappa shape index (κ3) is 3.69. The summed E-state index contributed by atoms with van der Waals surface area (Å²) in [5.41, 5.74) is 1.04. The van der Waals surface area contributed by atoms with Crippen LogP contribution in [0.25, 0.3) is 0 Å². The van der Waals surface area contributed by atoms with Crippen LogP contribution in [0.15, 0.2) is 30.3 Å². The predicted molar refractivity (Wildman–Crippen MR) is 69.5 cm³/mol. The van der Waals surface area contributed by atoms with E-state index in [1.54, 1.807) is 0 Å². The largest absolute Gasteiger partial charge is 0.213 e. The minimum absolute atomic E-state index is 0.0232. The van der Waals surface area contributed by atoms with Crippen molar-refractivity contribution < 1.29 is 8.42 Å². The monoisotopic (exact) mass is 273 g/mol. The maximum absolute atomic E-state index is 11.8. The van der Waals surface area contributed by atoms with Crippen molar-refractivity contribution in [3.8, 4) is 0 Å². The van der Waals surface area contributed by atoms with Gasteiger partial charge in [0.15, 0.2) is 0 Å². The lowest BCUT2D eigenvalue weighted by atomic mass is 10.0. The van der Waals surface area contributed by atoms with Crippen molar-refractivity contribution in [2.45, 2.75) is 18.9 Å². The number of nitrogens with one attached hydrogen (secondary N) is 1. The summed E-state index contributed by atoms with van der Waals surface area (Å²) in [4.78, 5) is 0. The Morgan fingerprint density at radius 1 is 1.29 bits per heavy atom. The summed E-state index contributed by atoms with van der Waals surface area (Å²) < 4.78 is 26.3. The number of benzene rings is 1. The van der Waals surface area contributed by atoms with Crippen LogP contribution in [0.4, 0.5) is 0 Å². The van der Waals surface area contributed by atoms with Crippen LogP contribution < -0.4 is 4.72 Å². The van der Waals surface area contributed by atoms with Gasteiger partial charge in [0.05, 0.1) is 5.75 Å². The zero-order valence-corrected chi connectivity index (χ0v) is 11.0. The summed E-state index contributed by atoms with van der Waals surface area (Å²) >= 11 is 5.49. The Labute approximate surface area is 107 Å². The second kappa shape index (κ2) is 5.38. The third-order valence-electron chi connectivity index (χ3n) is 2.90. The van der Waals surface area contributed by atoms with E-state index in [4.69, 9.17) is 11.6 Å². The van der Waals surface area contributed by atoms with E-state index in [2.05, 4.69) is 4.72 Å². The van der Waals surface area contributed by atoms with Crippen molar-refractivity contribution in [1.82, 2.24) is 4.72 Å². The molecule has 0 amide bonds. The molecule has 0 aromatic heterocycles. The van der Waals surface area contributed by atoms with Gasteiger partial charge in [0, 0.05) is 11.9 Å². The highest BCUT2D eigenvalue weighted by Crippen LogP contribution is 2.41. The van der Waals surface area contributed by atoms with Gasteiger partial charge in [0.1, 0.15) is 0 Å². The van der Waals surface area contributed by atoms with Gasteiger partial charge < -0.3 is 0 Å². The Morgan fingerprint density at radius 2 is 1.94 bits per heavy atom. The van der Waals surface area contributed by atoms with Gasteiger partial charge in [0.25, 0.3) is 0 Å². The number of sulfonamides is 1. The molecule has 0 saturated heterocycles. The maximum atomic E-state index is 11.8. The fourth-order valence-corrected chi connectivity index (χ4v) is 3.53. The van der Waals surface area contributed by atoms with E-state index in [0.717, 1.165) is 18.4 Å². The van der Waals surface area contributed by atoms with Crippen molar-refractivity contribution in [1.29, 1.82) is 0 Å². The SMILES string of the molecule is O=S(=O)(CCCl)NC(c1ccccc1)C1CC1. The van der Waals surface area contributed by atoms with Crippen molar-refractivity contribution in [3.63, 3.8) is 0 Å². The van der Waals surface area contributed by atoms with Crippen LogP contribution in [0.5, 0.6) is 0 Å². The Balaban J connectivity index is 2.14. The smallest absolute Gasteiger partial charge is 0.212 e. The molecule has 1 aromatic rings. The quantitative estimate of drug-likeness (QED) is 0.809. The van der Waals surface area contributed by atoms with Gasteiger partial charge in [-0.15, -0.1) is 11.6 Å². The molecule has 5 heteroatoms. The Kier molecular flexibility index (Phi) is 4.07. The van der Waals surface area contributed by atoms with Crippen LogP contribution in [0.3, 0.4) is 0 Å². The highest BCUT2D eigenvalue weighted by atomic mass is 35.5. The van der Waals surface area contributed by atoms with Crippen molar-refractivity contribution in [2.24, 2.45) is 5.92 Å². The number of alkyl halides is 1. The molecule has 1 unspecified atom stereocenters. The molecule has 1 aliphatic carbocycles. The van der Waals surface area contributed by atoms with E-state index in [1.165, 1.54) is 0 Å². The summed E-state index contributed by atoms with van der Waals surface area (Å²) in [7, 11) is -3.27. The van der Waals surface area contributed by atoms with Crippen molar-refractivity contribution in [2.75, 3.05) is 11.6 Å². The van der Waals surface area contributed by atoms with Crippen LogP contribution in [0, 0.1) is 5.92 Å². The fraction of sp³-hybridized carbons (Fsp3) is 0.500. The van der Waals surface area contributed by atoms with Gasteiger partial charge in [-0.05, 0) is 24.3 Å². The summed E-state index contributed by atoms with van der Waals surface area (Å²) in [6, 6.07) is 9.63. The van der Waals surface area contributed by atoms with E-state index in [9.17, 15) is 8.42 Å². The number of hydrogen-bond acceptors (Lipinski definition) is 2. The minimum Gasteiger partial charge on any atom is -0.212 e. The molecule has 1 aliphatic rings. The number of hydrogen-bond donors (Lipinski definition) is 1. The van der Waals surface area contributed by atoms with Crippen LogP contribution in [0.2, 0.25) is 0 Å². The van der Waals surface area contributed by atoms with Crippen LogP contribution in [0.1, 0.15) is 24.4 Å². The summed E-state index contributed by atoms with van der Waals surface area (Å²) in [6.07, 6.45) is 2.17. The Bertz CT molecular complexity index is 457. The molecule has 0 bridgehead atoms. The Hall–Kier alpha value is -0.580. The highest BCUT2D eigenvalue weighted by Gasteiger charge is 2.34. The molecule has 1 fully saturated rings. The number of halogens is 1. The molecule has 3 nitrogen and oxygen atoms in total. The molecule has 0 heterocycles. The summed E-state index contributed by atoms with van der Waals surface area (Å²) in [5.74, 6) is 0.536. The highest BCUT2D eigenvalue weighted by molar-refractivity contribution is 7.89. The van der Waals surface area contributed by atoms with Crippen LogP contribution in [-0.4, -0.2) is 20.1 Å². The maximum Gasteiger partial charge on any atom is 0.213 e. The second-order valence-corrected chi connectivity index (χ2v) is 6.60. The summed E-state index contributed by atoms with van der Waals surface area (Å²) in [6.45, 7) is 0. The van der Waals surface area contributed by atoms with Gasteiger partial charge in [0.2, 0.25) is 10.0 Å². The average molecular weight is 274 g/mol. The molecule has 2 rings (SSSR count). The second-order valence-electron chi connectivity index (χ2n) is 4.35. The van der Waals surface area contributed by atoms with E-state index in [1.807, 2.05) is 30.3 Å². The van der Waals surface area contributed by atoms with E-state index in [0.29, 0.717) is 5.92 Å². The third-order valence-corrected chi connectivity index (χ3v) is 4.67. The average Bonchev–Trinajstić information content (AvgIpc) is 3.11.